The molecule has 3 aromatic heterocycles. The minimum absolute atomic E-state index is 0.101. The number of nitrogens with one attached hydrogen (secondary N) is 1. The number of fused-ring (bicyclic) bond motifs is 3. The SMILES string of the molecule is CCn1c(=O)c2ccccc2n2c(COc3cccc(NC(=O)c4ccco4)c3)nnc12. The number of rotatable bonds is 6. The molecule has 0 aliphatic carbocycles. The first-order valence-corrected chi connectivity index (χ1v) is 10.1. The zero-order valence-corrected chi connectivity index (χ0v) is 17.2. The Morgan fingerprint density at radius 2 is 1.97 bits per heavy atom. The van der Waals surface area contributed by atoms with Gasteiger partial charge in [-0.1, -0.05) is 18.2 Å². The van der Waals surface area contributed by atoms with Crippen LogP contribution in [0.5, 0.6) is 5.75 Å². The molecule has 0 spiro atoms. The summed E-state index contributed by atoms with van der Waals surface area (Å²) in [5.74, 6) is 1.45. The molecule has 5 rings (SSSR count). The van der Waals surface area contributed by atoms with Crippen molar-refractivity contribution in [2.24, 2.45) is 0 Å². The van der Waals surface area contributed by atoms with Gasteiger partial charge in [0.1, 0.15) is 12.4 Å². The zero-order chi connectivity index (χ0) is 22.1. The summed E-state index contributed by atoms with van der Waals surface area (Å²) in [6.45, 7) is 2.50. The molecule has 1 N–H and O–H groups in total. The number of anilines is 1. The number of aromatic nitrogens is 4. The quantitative estimate of drug-likeness (QED) is 0.443. The summed E-state index contributed by atoms with van der Waals surface area (Å²) in [7, 11) is 0. The summed E-state index contributed by atoms with van der Waals surface area (Å²) in [5.41, 5.74) is 1.19. The molecule has 0 bridgehead atoms. The largest absolute Gasteiger partial charge is 0.486 e. The van der Waals surface area contributed by atoms with Gasteiger partial charge in [0.2, 0.25) is 5.78 Å². The van der Waals surface area contributed by atoms with E-state index < -0.39 is 0 Å². The predicted octanol–water partition coefficient (Wildman–Crippen LogP) is 3.49. The Kier molecular flexibility index (Phi) is 4.91. The van der Waals surface area contributed by atoms with Crippen LogP contribution in [-0.2, 0) is 13.2 Å². The van der Waals surface area contributed by atoms with E-state index in [4.69, 9.17) is 9.15 Å². The number of hydrogen-bond acceptors (Lipinski definition) is 6. The minimum Gasteiger partial charge on any atom is -0.486 e. The second-order valence-corrected chi connectivity index (χ2v) is 7.07. The maximum absolute atomic E-state index is 12.8. The van der Waals surface area contributed by atoms with Crippen molar-refractivity contribution in [3.8, 4) is 5.75 Å². The molecule has 0 radical (unpaired) electrons. The van der Waals surface area contributed by atoms with Gasteiger partial charge in [-0.25, -0.2) is 0 Å². The van der Waals surface area contributed by atoms with Crippen molar-refractivity contribution in [2.75, 3.05) is 5.32 Å². The van der Waals surface area contributed by atoms with E-state index in [9.17, 15) is 9.59 Å². The Hall–Kier alpha value is -4.40. The van der Waals surface area contributed by atoms with Crippen molar-refractivity contribution >= 4 is 28.3 Å². The first-order valence-electron chi connectivity index (χ1n) is 10.1. The number of para-hydroxylation sites is 1. The molecule has 0 unspecified atom stereocenters. The number of furan rings is 1. The van der Waals surface area contributed by atoms with E-state index in [1.807, 2.05) is 29.5 Å². The molecule has 5 aromatic rings. The van der Waals surface area contributed by atoms with E-state index in [0.717, 1.165) is 5.52 Å². The second kappa shape index (κ2) is 8.03. The molecule has 1 amide bonds. The normalized spacial score (nSPS) is 11.2. The number of aryl methyl sites for hydroxylation is 1. The summed E-state index contributed by atoms with van der Waals surface area (Å²) < 4.78 is 14.5. The van der Waals surface area contributed by atoms with E-state index in [1.54, 1.807) is 47.0 Å². The summed E-state index contributed by atoms with van der Waals surface area (Å²) in [6, 6.07) is 17.6. The number of carbonyl (C=O) groups excluding carboxylic acids is 1. The lowest BCUT2D eigenvalue weighted by atomic mass is 10.2. The number of hydrogen-bond donors (Lipinski definition) is 1. The molecule has 9 heteroatoms. The smallest absolute Gasteiger partial charge is 0.291 e. The van der Waals surface area contributed by atoms with Gasteiger partial charge < -0.3 is 14.5 Å². The predicted molar refractivity (Wildman–Crippen MR) is 118 cm³/mol. The topological polar surface area (TPSA) is 104 Å². The highest BCUT2D eigenvalue weighted by atomic mass is 16.5. The van der Waals surface area contributed by atoms with E-state index in [0.29, 0.717) is 35.0 Å². The average Bonchev–Trinajstić information content (AvgIpc) is 3.49. The summed E-state index contributed by atoms with van der Waals surface area (Å²) in [6.07, 6.45) is 1.44. The van der Waals surface area contributed by atoms with Crippen molar-refractivity contribution in [3.63, 3.8) is 0 Å². The first-order chi connectivity index (χ1) is 15.7. The van der Waals surface area contributed by atoms with Crippen LogP contribution in [0.4, 0.5) is 5.69 Å². The lowest BCUT2D eigenvalue weighted by Crippen LogP contribution is -2.22. The third-order valence-corrected chi connectivity index (χ3v) is 5.10. The Labute approximate surface area is 181 Å². The highest BCUT2D eigenvalue weighted by Crippen LogP contribution is 2.20. The molecule has 9 nitrogen and oxygen atoms in total. The molecular weight excluding hydrogens is 410 g/mol. The van der Waals surface area contributed by atoms with E-state index in [-0.39, 0.29) is 23.8 Å². The number of benzene rings is 2. The zero-order valence-electron chi connectivity index (χ0n) is 17.2. The first kappa shape index (κ1) is 19.6. The monoisotopic (exact) mass is 429 g/mol. The van der Waals surface area contributed by atoms with Crippen LogP contribution in [-0.4, -0.2) is 25.1 Å². The van der Waals surface area contributed by atoms with Crippen molar-refractivity contribution in [1.29, 1.82) is 0 Å². The molecule has 0 fully saturated rings. The van der Waals surface area contributed by atoms with Gasteiger partial charge in [-0.05, 0) is 43.3 Å². The molecule has 0 saturated carbocycles. The van der Waals surface area contributed by atoms with Gasteiger partial charge >= 0.3 is 0 Å². The van der Waals surface area contributed by atoms with Crippen LogP contribution in [0.25, 0.3) is 16.7 Å². The third-order valence-electron chi connectivity index (χ3n) is 5.10. The van der Waals surface area contributed by atoms with Crippen LogP contribution in [0.15, 0.2) is 76.1 Å². The molecule has 2 aromatic carbocycles. The van der Waals surface area contributed by atoms with Gasteiger partial charge in [-0.2, -0.15) is 0 Å². The highest BCUT2D eigenvalue weighted by Gasteiger charge is 2.16. The van der Waals surface area contributed by atoms with Crippen molar-refractivity contribution in [3.05, 3.63) is 88.9 Å². The molecular formula is C23H19N5O4. The van der Waals surface area contributed by atoms with Crippen LogP contribution in [0.3, 0.4) is 0 Å². The van der Waals surface area contributed by atoms with Gasteiger partial charge in [0.25, 0.3) is 11.5 Å². The highest BCUT2D eigenvalue weighted by molar-refractivity contribution is 6.02. The third kappa shape index (κ3) is 3.39. The van der Waals surface area contributed by atoms with Crippen molar-refractivity contribution in [1.82, 2.24) is 19.2 Å². The molecule has 0 atom stereocenters. The molecule has 0 aliphatic heterocycles. The number of nitrogens with zero attached hydrogens (tertiary/aromatic N) is 4. The fraction of sp³-hybridized carbons (Fsp3) is 0.130. The van der Waals surface area contributed by atoms with Crippen LogP contribution in [0.1, 0.15) is 23.3 Å². The van der Waals surface area contributed by atoms with Gasteiger partial charge in [-0.3, -0.25) is 18.6 Å². The number of carbonyl (C=O) groups is 1. The lowest BCUT2D eigenvalue weighted by Gasteiger charge is -2.11. The Balaban J connectivity index is 1.43. The van der Waals surface area contributed by atoms with Crippen LogP contribution >= 0.6 is 0 Å². The van der Waals surface area contributed by atoms with E-state index in [2.05, 4.69) is 15.5 Å². The average molecular weight is 429 g/mol. The standard InChI is InChI=1S/C23H19N5O4/c1-2-27-22(30)17-9-3-4-10-18(17)28-20(25-26-23(27)28)14-32-16-8-5-7-15(13-16)24-21(29)19-11-6-12-31-19/h3-13H,2,14H2,1H3,(H,24,29). The number of ether oxygens (including phenoxy) is 1. The molecule has 0 aliphatic rings. The molecule has 3 heterocycles. The van der Waals surface area contributed by atoms with E-state index in [1.165, 1.54) is 6.26 Å². The van der Waals surface area contributed by atoms with Crippen molar-refractivity contribution in [2.45, 2.75) is 20.1 Å². The van der Waals surface area contributed by atoms with Crippen LogP contribution < -0.4 is 15.6 Å². The maximum atomic E-state index is 12.8. The summed E-state index contributed by atoms with van der Waals surface area (Å²) in [4.78, 5) is 25.0. The number of amides is 1. The molecule has 0 saturated heterocycles. The Bertz CT molecular complexity index is 1480. The fourth-order valence-electron chi connectivity index (χ4n) is 3.60. The van der Waals surface area contributed by atoms with E-state index >= 15 is 0 Å². The summed E-state index contributed by atoms with van der Waals surface area (Å²) in [5, 5.41) is 11.8. The Morgan fingerprint density at radius 1 is 1.09 bits per heavy atom. The van der Waals surface area contributed by atoms with Gasteiger partial charge in [0.15, 0.2) is 11.6 Å². The van der Waals surface area contributed by atoms with Gasteiger partial charge in [-0.15, -0.1) is 10.2 Å². The van der Waals surface area contributed by atoms with Crippen LogP contribution in [0, 0.1) is 0 Å². The van der Waals surface area contributed by atoms with Crippen molar-refractivity contribution < 1.29 is 13.9 Å². The van der Waals surface area contributed by atoms with Crippen LogP contribution in [0.2, 0.25) is 0 Å². The molecule has 32 heavy (non-hydrogen) atoms. The van der Waals surface area contributed by atoms with Gasteiger partial charge in [0, 0.05) is 18.3 Å². The minimum atomic E-state index is -0.348. The lowest BCUT2D eigenvalue weighted by molar-refractivity contribution is 0.0996. The maximum Gasteiger partial charge on any atom is 0.291 e. The van der Waals surface area contributed by atoms with Gasteiger partial charge in [0.05, 0.1) is 17.2 Å². The fourth-order valence-corrected chi connectivity index (χ4v) is 3.60. The Morgan fingerprint density at radius 3 is 2.78 bits per heavy atom. The summed E-state index contributed by atoms with van der Waals surface area (Å²) >= 11 is 0. The molecule has 160 valence electrons. The second-order valence-electron chi connectivity index (χ2n) is 7.07.